The summed E-state index contributed by atoms with van der Waals surface area (Å²) >= 11 is 1.86. The average molecular weight is 311 g/mol. The van der Waals surface area contributed by atoms with Gasteiger partial charge in [0.25, 0.3) is 0 Å². The number of hydrogen-bond donors (Lipinski definition) is 2. The Morgan fingerprint density at radius 3 is 3.24 bits per heavy atom. The SMILES string of the molecule is COCCNCC(=O)NCC(C)N1CCc2sccc2C1. The number of hydrogen-bond acceptors (Lipinski definition) is 5. The van der Waals surface area contributed by atoms with Gasteiger partial charge in [-0.2, -0.15) is 0 Å². The second-order valence-corrected chi connectivity index (χ2v) is 6.41. The predicted octanol–water partition coefficient (Wildman–Crippen LogP) is 0.847. The van der Waals surface area contributed by atoms with Crippen molar-refractivity contribution in [2.24, 2.45) is 0 Å². The number of thiophene rings is 1. The molecule has 0 saturated carbocycles. The summed E-state index contributed by atoms with van der Waals surface area (Å²) in [5.41, 5.74) is 1.45. The van der Waals surface area contributed by atoms with Crippen molar-refractivity contribution in [1.82, 2.24) is 15.5 Å². The molecule has 2 heterocycles. The summed E-state index contributed by atoms with van der Waals surface area (Å²) in [7, 11) is 1.65. The molecule has 0 aromatic carbocycles. The monoisotopic (exact) mass is 311 g/mol. The number of ether oxygens (including phenoxy) is 1. The third-order valence-electron chi connectivity index (χ3n) is 3.82. The van der Waals surface area contributed by atoms with Crippen LogP contribution < -0.4 is 10.6 Å². The fourth-order valence-electron chi connectivity index (χ4n) is 2.48. The second-order valence-electron chi connectivity index (χ2n) is 5.41. The lowest BCUT2D eigenvalue weighted by Gasteiger charge is -2.32. The molecule has 1 aromatic heterocycles. The molecule has 5 nitrogen and oxygen atoms in total. The number of amides is 1. The number of nitrogens with zero attached hydrogens (tertiary/aromatic N) is 1. The van der Waals surface area contributed by atoms with Crippen LogP contribution in [0.5, 0.6) is 0 Å². The van der Waals surface area contributed by atoms with Crippen LogP contribution in [0.15, 0.2) is 11.4 Å². The van der Waals surface area contributed by atoms with E-state index in [9.17, 15) is 4.79 Å². The normalized spacial score (nSPS) is 16.5. The van der Waals surface area contributed by atoms with Gasteiger partial charge in [0.05, 0.1) is 13.2 Å². The van der Waals surface area contributed by atoms with E-state index in [2.05, 4.69) is 33.9 Å². The second kappa shape index (κ2) is 8.48. The van der Waals surface area contributed by atoms with E-state index in [0.29, 0.717) is 32.3 Å². The predicted molar refractivity (Wildman–Crippen MR) is 85.7 cm³/mol. The van der Waals surface area contributed by atoms with Gasteiger partial charge >= 0.3 is 0 Å². The lowest BCUT2D eigenvalue weighted by molar-refractivity contribution is -0.120. The highest BCUT2D eigenvalue weighted by molar-refractivity contribution is 7.10. The van der Waals surface area contributed by atoms with Crippen LogP contribution in [0.2, 0.25) is 0 Å². The summed E-state index contributed by atoms with van der Waals surface area (Å²) in [6.45, 7) is 6.64. The molecule has 1 amide bonds. The minimum absolute atomic E-state index is 0.0474. The number of methoxy groups -OCH3 is 1. The van der Waals surface area contributed by atoms with Crippen LogP contribution in [0.4, 0.5) is 0 Å². The van der Waals surface area contributed by atoms with Crippen molar-refractivity contribution in [3.8, 4) is 0 Å². The topological polar surface area (TPSA) is 53.6 Å². The first-order valence-corrected chi connectivity index (χ1v) is 8.34. The zero-order valence-electron chi connectivity index (χ0n) is 12.9. The Morgan fingerprint density at radius 1 is 1.57 bits per heavy atom. The number of rotatable bonds is 8. The Labute approximate surface area is 130 Å². The Kier molecular flexibility index (Phi) is 6.63. The van der Waals surface area contributed by atoms with E-state index in [4.69, 9.17) is 4.74 Å². The van der Waals surface area contributed by atoms with Crippen LogP contribution in [-0.2, 0) is 22.5 Å². The Morgan fingerprint density at radius 2 is 2.43 bits per heavy atom. The quantitative estimate of drug-likeness (QED) is 0.699. The van der Waals surface area contributed by atoms with Gasteiger partial charge in [0.2, 0.25) is 5.91 Å². The molecule has 2 N–H and O–H groups in total. The molecule has 1 aliphatic rings. The van der Waals surface area contributed by atoms with E-state index in [1.165, 1.54) is 10.4 Å². The number of carbonyl (C=O) groups is 1. The molecule has 1 atom stereocenters. The molecule has 1 aromatic rings. The van der Waals surface area contributed by atoms with Crippen molar-refractivity contribution in [2.75, 3.05) is 39.9 Å². The first kappa shape index (κ1) is 16.4. The van der Waals surface area contributed by atoms with Gasteiger partial charge in [-0.25, -0.2) is 0 Å². The van der Waals surface area contributed by atoms with Crippen LogP contribution in [0, 0.1) is 0 Å². The number of carbonyl (C=O) groups excluding carboxylic acids is 1. The summed E-state index contributed by atoms with van der Waals surface area (Å²) in [6, 6.07) is 2.58. The highest BCUT2D eigenvalue weighted by Gasteiger charge is 2.21. The Balaban J connectivity index is 1.66. The third-order valence-corrected chi connectivity index (χ3v) is 4.85. The molecule has 118 valence electrons. The molecule has 2 rings (SSSR count). The molecule has 0 radical (unpaired) electrons. The molecule has 0 bridgehead atoms. The van der Waals surface area contributed by atoms with E-state index in [1.807, 2.05) is 11.3 Å². The maximum absolute atomic E-state index is 11.7. The van der Waals surface area contributed by atoms with Crippen LogP contribution >= 0.6 is 11.3 Å². The molecule has 21 heavy (non-hydrogen) atoms. The summed E-state index contributed by atoms with van der Waals surface area (Å²) in [4.78, 5) is 15.7. The standard InChI is InChI=1S/C15H25N3O2S/c1-12(9-17-15(19)10-16-5-7-20-2)18-6-3-14-13(11-18)4-8-21-14/h4,8,12,16H,3,5-7,9-11H2,1-2H3,(H,17,19). The van der Waals surface area contributed by atoms with Gasteiger partial charge in [-0.15, -0.1) is 11.3 Å². The summed E-state index contributed by atoms with van der Waals surface area (Å²) in [5.74, 6) is 0.0474. The summed E-state index contributed by atoms with van der Waals surface area (Å²) < 4.78 is 4.92. The van der Waals surface area contributed by atoms with Gasteiger partial charge in [0.1, 0.15) is 0 Å². The Hall–Kier alpha value is -0.950. The van der Waals surface area contributed by atoms with Gasteiger partial charge in [-0.05, 0) is 30.4 Å². The van der Waals surface area contributed by atoms with E-state index in [-0.39, 0.29) is 5.91 Å². The van der Waals surface area contributed by atoms with E-state index in [1.54, 1.807) is 7.11 Å². The fraction of sp³-hybridized carbons (Fsp3) is 0.667. The van der Waals surface area contributed by atoms with E-state index in [0.717, 1.165) is 19.5 Å². The molecule has 0 spiro atoms. The van der Waals surface area contributed by atoms with Crippen LogP contribution in [0.3, 0.4) is 0 Å². The van der Waals surface area contributed by atoms with Crippen LogP contribution in [0.1, 0.15) is 17.4 Å². The molecule has 0 aliphatic carbocycles. The van der Waals surface area contributed by atoms with Gasteiger partial charge < -0.3 is 15.4 Å². The van der Waals surface area contributed by atoms with Crippen molar-refractivity contribution >= 4 is 17.2 Å². The smallest absolute Gasteiger partial charge is 0.234 e. The van der Waals surface area contributed by atoms with Gasteiger partial charge in [-0.1, -0.05) is 0 Å². The minimum atomic E-state index is 0.0474. The first-order chi connectivity index (χ1) is 10.2. The highest BCUT2D eigenvalue weighted by Crippen LogP contribution is 2.24. The Bertz CT molecular complexity index is 450. The molecule has 1 unspecified atom stereocenters. The molecule has 0 saturated heterocycles. The van der Waals surface area contributed by atoms with Crippen LogP contribution in [0.25, 0.3) is 0 Å². The maximum Gasteiger partial charge on any atom is 0.234 e. The minimum Gasteiger partial charge on any atom is -0.383 e. The lowest BCUT2D eigenvalue weighted by atomic mass is 10.1. The first-order valence-electron chi connectivity index (χ1n) is 7.46. The molecule has 6 heteroatoms. The van der Waals surface area contributed by atoms with Crippen LogP contribution in [-0.4, -0.2) is 56.7 Å². The fourth-order valence-corrected chi connectivity index (χ4v) is 3.37. The van der Waals surface area contributed by atoms with Crippen molar-refractivity contribution < 1.29 is 9.53 Å². The molecule has 0 fully saturated rings. The van der Waals surface area contributed by atoms with Crippen molar-refractivity contribution in [1.29, 1.82) is 0 Å². The average Bonchev–Trinajstić information content (AvgIpc) is 2.96. The zero-order chi connectivity index (χ0) is 15.1. The largest absolute Gasteiger partial charge is 0.383 e. The highest BCUT2D eigenvalue weighted by atomic mass is 32.1. The molecular formula is C15H25N3O2S. The third kappa shape index (κ3) is 5.07. The van der Waals surface area contributed by atoms with Crippen molar-refractivity contribution in [2.45, 2.75) is 25.9 Å². The number of nitrogens with one attached hydrogen (secondary N) is 2. The van der Waals surface area contributed by atoms with E-state index >= 15 is 0 Å². The van der Waals surface area contributed by atoms with Crippen molar-refractivity contribution in [3.63, 3.8) is 0 Å². The van der Waals surface area contributed by atoms with Crippen molar-refractivity contribution in [3.05, 3.63) is 21.9 Å². The molecule has 1 aliphatic heterocycles. The summed E-state index contributed by atoms with van der Waals surface area (Å²) in [5, 5.41) is 8.22. The summed E-state index contributed by atoms with van der Waals surface area (Å²) in [6.07, 6.45) is 1.13. The van der Waals surface area contributed by atoms with Gasteiger partial charge in [0, 0.05) is 44.2 Å². The maximum atomic E-state index is 11.7. The van der Waals surface area contributed by atoms with Gasteiger partial charge in [0.15, 0.2) is 0 Å². The zero-order valence-corrected chi connectivity index (χ0v) is 13.7. The number of fused-ring (bicyclic) bond motifs is 1. The van der Waals surface area contributed by atoms with Gasteiger partial charge in [-0.3, -0.25) is 9.69 Å². The lowest BCUT2D eigenvalue weighted by Crippen LogP contribution is -2.45. The molecular weight excluding hydrogens is 286 g/mol. The van der Waals surface area contributed by atoms with E-state index < -0.39 is 0 Å².